The van der Waals surface area contributed by atoms with Crippen LogP contribution in [-0.2, 0) is 0 Å². The topological polar surface area (TPSA) is 95.6 Å². The maximum absolute atomic E-state index is 11.2. The van der Waals surface area contributed by atoms with Crippen LogP contribution in [0.4, 0.5) is 0 Å². The number of amides is 1. The summed E-state index contributed by atoms with van der Waals surface area (Å²) in [6, 6.07) is 1.41. The quantitative estimate of drug-likeness (QED) is 0.588. The Labute approximate surface area is 80.5 Å². The monoisotopic (exact) mass is 200 g/mol. The molecule has 0 fully saturated rings. The van der Waals surface area contributed by atoms with Crippen LogP contribution >= 0.6 is 0 Å². The van der Waals surface area contributed by atoms with Crippen LogP contribution in [0, 0.1) is 0 Å². The number of aliphatic hydroxyl groups excluding tert-OH is 1. The first kappa shape index (κ1) is 10.7. The molecule has 0 saturated carbocycles. The van der Waals surface area contributed by atoms with Gasteiger partial charge in [0.25, 0.3) is 5.91 Å². The number of rotatable bonds is 4. The molecular formula is C8H12N2O4. The van der Waals surface area contributed by atoms with Crippen LogP contribution in [0.1, 0.15) is 17.4 Å². The number of nitrogens with zero attached hydrogens (tertiary/aromatic N) is 1. The smallest absolute Gasteiger partial charge is 0.273 e. The molecule has 0 aliphatic carbocycles. The van der Waals surface area contributed by atoms with Gasteiger partial charge in [0, 0.05) is 12.6 Å². The highest BCUT2D eigenvalue weighted by atomic mass is 16.5. The van der Waals surface area contributed by atoms with E-state index in [0.29, 0.717) is 0 Å². The predicted octanol–water partition coefficient (Wildman–Crippen LogP) is -0.852. The van der Waals surface area contributed by atoms with Gasteiger partial charge in [-0.2, -0.15) is 0 Å². The third-order valence-corrected chi connectivity index (χ3v) is 1.64. The van der Waals surface area contributed by atoms with Gasteiger partial charge in [-0.05, 0) is 6.92 Å². The summed E-state index contributed by atoms with van der Waals surface area (Å²) in [6.45, 7) is 0.942. The van der Waals surface area contributed by atoms with Crippen LogP contribution in [0.2, 0.25) is 0 Å². The van der Waals surface area contributed by atoms with Crippen molar-refractivity contribution in [3.8, 4) is 0 Å². The van der Waals surface area contributed by atoms with Crippen molar-refractivity contribution in [1.82, 2.24) is 10.5 Å². The van der Waals surface area contributed by atoms with Crippen molar-refractivity contribution < 1.29 is 19.5 Å². The second-order valence-electron chi connectivity index (χ2n) is 3.22. The summed E-state index contributed by atoms with van der Waals surface area (Å²) in [5, 5.41) is 23.9. The van der Waals surface area contributed by atoms with E-state index in [-0.39, 0.29) is 12.2 Å². The Morgan fingerprint density at radius 2 is 2.50 bits per heavy atom. The summed E-state index contributed by atoms with van der Waals surface area (Å²) >= 11 is 0. The van der Waals surface area contributed by atoms with E-state index in [1.54, 1.807) is 0 Å². The Bertz CT molecular complexity index is 294. The minimum absolute atomic E-state index is 0.0464. The zero-order valence-electron chi connectivity index (χ0n) is 7.73. The lowest BCUT2D eigenvalue weighted by Crippen LogP contribution is -2.43. The van der Waals surface area contributed by atoms with Gasteiger partial charge in [0.05, 0.1) is 6.61 Å². The lowest BCUT2D eigenvalue weighted by atomic mass is 10.1. The Hall–Kier alpha value is -1.40. The first-order chi connectivity index (χ1) is 6.55. The SMILES string of the molecule is CC(O)(CO)CNC(=O)c1ccon1. The van der Waals surface area contributed by atoms with E-state index >= 15 is 0 Å². The Balaban J connectivity index is 2.43. The maximum atomic E-state index is 11.2. The molecule has 1 aromatic heterocycles. The fraction of sp³-hybridized carbons (Fsp3) is 0.500. The van der Waals surface area contributed by atoms with Crippen molar-refractivity contribution in [2.75, 3.05) is 13.2 Å². The van der Waals surface area contributed by atoms with Crippen molar-refractivity contribution in [1.29, 1.82) is 0 Å². The summed E-state index contributed by atoms with van der Waals surface area (Å²) in [6.07, 6.45) is 1.28. The second-order valence-corrected chi connectivity index (χ2v) is 3.22. The van der Waals surface area contributed by atoms with E-state index in [2.05, 4.69) is 15.0 Å². The van der Waals surface area contributed by atoms with E-state index in [9.17, 15) is 9.90 Å². The van der Waals surface area contributed by atoms with Crippen LogP contribution in [0.25, 0.3) is 0 Å². The number of aromatic nitrogens is 1. The standard InChI is InChI=1S/C8H12N2O4/c1-8(13,5-11)4-9-7(12)6-2-3-14-10-6/h2-3,11,13H,4-5H2,1H3,(H,9,12). The van der Waals surface area contributed by atoms with Gasteiger partial charge in [-0.3, -0.25) is 4.79 Å². The van der Waals surface area contributed by atoms with Crippen LogP contribution < -0.4 is 5.32 Å². The highest BCUT2D eigenvalue weighted by molar-refractivity contribution is 5.91. The van der Waals surface area contributed by atoms with E-state index in [4.69, 9.17) is 5.11 Å². The van der Waals surface area contributed by atoms with Crippen molar-refractivity contribution in [3.05, 3.63) is 18.0 Å². The normalized spacial score (nSPS) is 14.8. The van der Waals surface area contributed by atoms with E-state index in [1.807, 2.05) is 0 Å². The molecule has 1 atom stereocenters. The highest BCUT2D eigenvalue weighted by Crippen LogP contribution is 2.00. The zero-order chi connectivity index (χ0) is 10.6. The molecule has 0 aromatic carbocycles. The average Bonchev–Trinajstić information content (AvgIpc) is 2.67. The molecular weight excluding hydrogens is 188 g/mol. The third-order valence-electron chi connectivity index (χ3n) is 1.64. The van der Waals surface area contributed by atoms with E-state index in [0.717, 1.165) is 0 Å². The van der Waals surface area contributed by atoms with Crippen molar-refractivity contribution in [2.45, 2.75) is 12.5 Å². The number of carbonyl (C=O) groups is 1. The first-order valence-corrected chi connectivity index (χ1v) is 4.07. The molecule has 0 aliphatic rings. The van der Waals surface area contributed by atoms with Gasteiger partial charge >= 0.3 is 0 Å². The molecule has 78 valence electrons. The summed E-state index contributed by atoms with van der Waals surface area (Å²) < 4.78 is 4.47. The molecule has 0 bridgehead atoms. The molecule has 14 heavy (non-hydrogen) atoms. The average molecular weight is 200 g/mol. The summed E-state index contributed by atoms with van der Waals surface area (Å²) in [5.74, 6) is -0.451. The molecule has 1 heterocycles. The fourth-order valence-corrected chi connectivity index (χ4v) is 0.747. The Kier molecular flexibility index (Phi) is 3.21. The number of hydrogen-bond donors (Lipinski definition) is 3. The Morgan fingerprint density at radius 1 is 1.79 bits per heavy atom. The first-order valence-electron chi connectivity index (χ1n) is 4.07. The van der Waals surface area contributed by atoms with Gasteiger partial charge in [-0.1, -0.05) is 5.16 Å². The Morgan fingerprint density at radius 3 is 3.00 bits per heavy atom. The minimum atomic E-state index is -1.32. The van der Waals surface area contributed by atoms with Gasteiger partial charge in [0.15, 0.2) is 5.69 Å². The van der Waals surface area contributed by atoms with Crippen molar-refractivity contribution in [2.24, 2.45) is 0 Å². The molecule has 1 unspecified atom stereocenters. The number of nitrogens with one attached hydrogen (secondary N) is 1. The van der Waals surface area contributed by atoms with Gasteiger partial charge in [-0.25, -0.2) is 0 Å². The molecule has 1 amide bonds. The molecule has 6 nitrogen and oxygen atoms in total. The van der Waals surface area contributed by atoms with Crippen LogP contribution in [0.5, 0.6) is 0 Å². The summed E-state index contributed by atoms with van der Waals surface area (Å²) in [5.41, 5.74) is -1.18. The van der Waals surface area contributed by atoms with Gasteiger partial charge in [0.2, 0.25) is 0 Å². The lowest BCUT2D eigenvalue weighted by Gasteiger charge is -2.19. The largest absolute Gasteiger partial charge is 0.393 e. The minimum Gasteiger partial charge on any atom is -0.393 e. The number of hydrogen-bond acceptors (Lipinski definition) is 5. The van der Waals surface area contributed by atoms with Crippen molar-refractivity contribution >= 4 is 5.91 Å². The summed E-state index contributed by atoms with van der Waals surface area (Å²) in [4.78, 5) is 11.2. The maximum Gasteiger partial charge on any atom is 0.273 e. The van der Waals surface area contributed by atoms with E-state index in [1.165, 1.54) is 19.3 Å². The van der Waals surface area contributed by atoms with Crippen molar-refractivity contribution in [3.63, 3.8) is 0 Å². The van der Waals surface area contributed by atoms with Gasteiger partial charge in [0.1, 0.15) is 11.9 Å². The predicted molar refractivity (Wildman–Crippen MR) is 46.5 cm³/mol. The van der Waals surface area contributed by atoms with Gasteiger partial charge in [-0.15, -0.1) is 0 Å². The fourth-order valence-electron chi connectivity index (χ4n) is 0.747. The number of carbonyl (C=O) groups excluding carboxylic acids is 1. The van der Waals surface area contributed by atoms with E-state index < -0.39 is 18.1 Å². The number of aliphatic hydroxyl groups is 2. The second kappa shape index (κ2) is 4.21. The van der Waals surface area contributed by atoms with Crippen LogP contribution in [0.3, 0.4) is 0 Å². The molecule has 6 heteroatoms. The molecule has 0 spiro atoms. The van der Waals surface area contributed by atoms with Crippen LogP contribution in [0.15, 0.2) is 16.9 Å². The van der Waals surface area contributed by atoms with Crippen LogP contribution in [-0.4, -0.2) is 40.0 Å². The molecule has 0 radical (unpaired) electrons. The zero-order valence-corrected chi connectivity index (χ0v) is 7.73. The molecule has 0 saturated heterocycles. The summed E-state index contributed by atoms with van der Waals surface area (Å²) in [7, 11) is 0. The highest BCUT2D eigenvalue weighted by Gasteiger charge is 2.20. The molecule has 1 aromatic rings. The lowest BCUT2D eigenvalue weighted by molar-refractivity contribution is 0.00313. The molecule has 1 rings (SSSR count). The third kappa shape index (κ3) is 2.82. The molecule has 0 aliphatic heterocycles. The molecule has 3 N–H and O–H groups in total. The van der Waals surface area contributed by atoms with Gasteiger partial charge < -0.3 is 20.1 Å².